The Morgan fingerprint density at radius 3 is 2.30 bits per heavy atom. The summed E-state index contributed by atoms with van der Waals surface area (Å²) in [6.45, 7) is 2.60. The van der Waals surface area contributed by atoms with Crippen LogP contribution < -0.4 is 14.2 Å². The van der Waals surface area contributed by atoms with Crippen LogP contribution in [-0.2, 0) is 9.53 Å². The number of fused-ring (bicyclic) bond motifs is 1. The Balaban J connectivity index is 1.51. The SMILES string of the molecule is COc1ccc(C(=O)[C@@H](C)OC(=O)CCC(=O)c2ccc3c(c2)OCCCO3)cc1. The number of benzene rings is 2. The summed E-state index contributed by atoms with van der Waals surface area (Å²) in [5.41, 5.74) is 0.855. The van der Waals surface area contributed by atoms with E-state index >= 15 is 0 Å². The predicted molar refractivity (Wildman–Crippen MR) is 108 cm³/mol. The molecule has 0 aliphatic carbocycles. The van der Waals surface area contributed by atoms with Crippen LogP contribution in [0.15, 0.2) is 42.5 Å². The number of carbonyl (C=O) groups excluding carboxylic acids is 3. The molecule has 30 heavy (non-hydrogen) atoms. The summed E-state index contributed by atoms with van der Waals surface area (Å²) in [6, 6.07) is 11.5. The highest BCUT2D eigenvalue weighted by molar-refractivity contribution is 6.01. The van der Waals surface area contributed by atoms with E-state index in [0.29, 0.717) is 41.6 Å². The largest absolute Gasteiger partial charge is 0.497 e. The van der Waals surface area contributed by atoms with Crippen LogP contribution in [0.25, 0.3) is 0 Å². The number of ketones is 2. The molecule has 1 aliphatic heterocycles. The number of carbonyl (C=O) groups is 3. The van der Waals surface area contributed by atoms with E-state index in [1.165, 1.54) is 14.0 Å². The highest BCUT2D eigenvalue weighted by Crippen LogP contribution is 2.30. The Morgan fingerprint density at radius 2 is 1.60 bits per heavy atom. The molecule has 2 aromatic carbocycles. The molecule has 2 aromatic rings. The lowest BCUT2D eigenvalue weighted by atomic mass is 10.1. The molecule has 1 heterocycles. The van der Waals surface area contributed by atoms with Crippen molar-refractivity contribution in [3.63, 3.8) is 0 Å². The summed E-state index contributed by atoms with van der Waals surface area (Å²) >= 11 is 0. The highest BCUT2D eigenvalue weighted by Gasteiger charge is 2.21. The summed E-state index contributed by atoms with van der Waals surface area (Å²) < 4.78 is 21.4. The molecule has 1 atom stereocenters. The number of hydrogen-bond acceptors (Lipinski definition) is 7. The maximum Gasteiger partial charge on any atom is 0.306 e. The van der Waals surface area contributed by atoms with Gasteiger partial charge in [0.15, 0.2) is 23.4 Å². The normalized spacial score (nSPS) is 13.7. The van der Waals surface area contributed by atoms with Crippen molar-refractivity contribution in [3.05, 3.63) is 53.6 Å². The minimum atomic E-state index is -0.945. The second-order valence-corrected chi connectivity index (χ2v) is 6.86. The average molecular weight is 412 g/mol. The van der Waals surface area contributed by atoms with Gasteiger partial charge in [-0.3, -0.25) is 14.4 Å². The van der Waals surface area contributed by atoms with Crippen molar-refractivity contribution in [3.8, 4) is 17.2 Å². The van der Waals surface area contributed by atoms with Gasteiger partial charge in [0, 0.05) is 24.0 Å². The molecule has 7 nitrogen and oxygen atoms in total. The van der Waals surface area contributed by atoms with Crippen molar-refractivity contribution >= 4 is 17.5 Å². The molecule has 158 valence electrons. The predicted octanol–water partition coefficient (Wildman–Crippen LogP) is 3.63. The minimum absolute atomic E-state index is 0.0259. The van der Waals surface area contributed by atoms with Gasteiger partial charge in [-0.2, -0.15) is 0 Å². The molecule has 7 heteroatoms. The van der Waals surface area contributed by atoms with E-state index in [4.69, 9.17) is 18.9 Å². The molecule has 0 spiro atoms. The molecule has 0 unspecified atom stereocenters. The molecule has 0 saturated heterocycles. The van der Waals surface area contributed by atoms with Gasteiger partial charge in [-0.05, 0) is 49.4 Å². The Morgan fingerprint density at radius 1 is 0.933 bits per heavy atom. The van der Waals surface area contributed by atoms with Gasteiger partial charge in [0.25, 0.3) is 0 Å². The molecule has 0 radical (unpaired) electrons. The Kier molecular flexibility index (Phi) is 7.06. The van der Waals surface area contributed by atoms with Crippen LogP contribution in [0, 0.1) is 0 Å². The van der Waals surface area contributed by atoms with E-state index in [2.05, 4.69) is 0 Å². The number of rotatable bonds is 8. The fourth-order valence-electron chi connectivity index (χ4n) is 3.00. The third-order valence-electron chi connectivity index (χ3n) is 4.68. The Hall–Kier alpha value is -3.35. The van der Waals surface area contributed by atoms with Crippen molar-refractivity contribution in [1.82, 2.24) is 0 Å². The summed E-state index contributed by atoms with van der Waals surface area (Å²) in [7, 11) is 1.54. The molecule has 0 fully saturated rings. The van der Waals surface area contributed by atoms with Gasteiger partial charge < -0.3 is 18.9 Å². The summed E-state index contributed by atoms with van der Waals surface area (Å²) in [5, 5.41) is 0. The highest BCUT2D eigenvalue weighted by atomic mass is 16.5. The van der Waals surface area contributed by atoms with Crippen LogP contribution >= 0.6 is 0 Å². The number of hydrogen-bond donors (Lipinski definition) is 0. The minimum Gasteiger partial charge on any atom is -0.497 e. The zero-order valence-corrected chi connectivity index (χ0v) is 17.0. The van der Waals surface area contributed by atoms with Gasteiger partial charge in [0.05, 0.1) is 26.7 Å². The third-order valence-corrected chi connectivity index (χ3v) is 4.68. The molecule has 0 N–H and O–H groups in total. The van der Waals surface area contributed by atoms with E-state index in [1.807, 2.05) is 0 Å². The number of Topliss-reactive ketones (excluding diaryl/α,β-unsaturated/α-hetero) is 2. The number of ether oxygens (including phenoxy) is 4. The van der Waals surface area contributed by atoms with E-state index in [1.54, 1.807) is 42.5 Å². The first kappa shape index (κ1) is 21.4. The topological polar surface area (TPSA) is 88.1 Å². The first-order valence-electron chi connectivity index (χ1n) is 9.78. The van der Waals surface area contributed by atoms with Crippen LogP contribution in [0.4, 0.5) is 0 Å². The monoisotopic (exact) mass is 412 g/mol. The van der Waals surface area contributed by atoms with E-state index in [0.717, 1.165) is 6.42 Å². The Bertz CT molecular complexity index is 918. The summed E-state index contributed by atoms with van der Waals surface area (Å²) in [6.07, 6.45) is -0.314. The maximum absolute atomic E-state index is 12.4. The van der Waals surface area contributed by atoms with Crippen LogP contribution in [-0.4, -0.2) is 44.0 Å². The first-order chi connectivity index (χ1) is 14.5. The van der Waals surface area contributed by atoms with E-state index in [9.17, 15) is 14.4 Å². The molecule has 0 saturated carbocycles. The van der Waals surface area contributed by atoms with Gasteiger partial charge in [-0.1, -0.05) is 0 Å². The number of methoxy groups -OCH3 is 1. The van der Waals surface area contributed by atoms with Gasteiger partial charge in [-0.25, -0.2) is 0 Å². The number of esters is 1. The third kappa shape index (κ3) is 5.37. The fraction of sp³-hybridized carbons (Fsp3) is 0.348. The van der Waals surface area contributed by atoms with Gasteiger partial charge in [-0.15, -0.1) is 0 Å². The van der Waals surface area contributed by atoms with Crippen LogP contribution in [0.3, 0.4) is 0 Å². The molecular formula is C23H24O7. The molecule has 3 rings (SSSR count). The smallest absolute Gasteiger partial charge is 0.306 e. The van der Waals surface area contributed by atoms with Crippen molar-refractivity contribution in [1.29, 1.82) is 0 Å². The van der Waals surface area contributed by atoms with Crippen molar-refractivity contribution in [2.75, 3.05) is 20.3 Å². The molecule has 1 aliphatic rings. The quantitative estimate of drug-likeness (QED) is 0.483. The molecule has 0 bridgehead atoms. The maximum atomic E-state index is 12.4. The lowest BCUT2D eigenvalue weighted by Crippen LogP contribution is -2.24. The second kappa shape index (κ2) is 9.91. The lowest BCUT2D eigenvalue weighted by molar-refractivity contribution is -0.146. The summed E-state index contributed by atoms with van der Waals surface area (Å²) in [4.78, 5) is 36.9. The van der Waals surface area contributed by atoms with Crippen LogP contribution in [0.1, 0.15) is 46.9 Å². The van der Waals surface area contributed by atoms with Crippen molar-refractivity contribution < 1.29 is 33.3 Å². The van der Waals surface area contributed by atoms with Crippen molar-refractivity contribution in [2.45, 2.75) is 32.3 Å². The summed E-state index contributed by atoms with van der Waals surface area (Å²) in [5.74, 6) is 0.627. The van der Waals surface area contributed by atoms with Gasteiger partial charge in [0.2, 0.25) is 5.78 Å². The van der Waals surface area contributed by atoms with Crippen LogP contribution in [0.2, 0.25) is 0 Å². The zero-order valence-electron chi connectivity index (χ0n) is 17.0. The van der Waals surface area contributed by atoms with E-state index in [-0.39, 0.29) is 24.4 Å². The van der Waals surface area contributed by atoms with Gasteiger partial charge in [0.1, 0.15) is 5.75 Å². The fourth-order valence-corrected chi connectivity index (χ4v) is 3.00. The van der Waals surface area contributed by atoms with Crippen LogP contribution in [0.5, 0.6) is 17.2 Å². The van der Waals surface area contributed by atoms with E-state index < -0.39 is 12.1 Å². The average Bonchev–Trinajstić information content (AvgIpc) is 3.01. The zero-order chi connectivity index (χ0) is 21.5. The molecular weight excluding hydrogens is 388 g/mol. The molecule has 0 amide bonds. The standard InChI is InChI=1S/C23H24O7/c1-15(23(26)16-4-7-18(27-2)8-5-16)30-22(25)11-9-19(24)17-6-10-20-21(14-17)29-13-3-12-28-20/h4-8,10,14-15H,3,9,11-13H2,1-2H3/t15-/m1/s1. The van der Waals surface area contributed by atoms with Crippen molar-refractivity contribution in [2.24, 2.45) is 0 Å². The Labute approximate surface area is 174 Å². The second-order valence-electron chi connectivity index (χ2n) is 6.86. The van der Waals surface area contributed by atoms with Gasteiger partial charge >= 0.3 is 5.97 Å². The molecule has 0 aromatic heterocycles. The lowest BCUT2D eigenvalue weighted by Gasteiger charge is -2.13. The first-order valence-corrected chi connectivity index (χ1v) is 9.78.